The molecule has 4 heteroatoms. The lowest BCUT2D eigenvalue weighted by atomic mass is 10.1. The predicted octanol–water partition coefficient (Wildman–Crippen LogP) is 2.49. The number of nitriles is 1. The Kier molecular flexibility index (Phi) is 2.02. The third kappa shape index (κ3) is 1.10. The van der Waals surface area contributed by atoms with Gasteiger partial charge in [-0.3, -0.25) is 0 Å². The molecule has 0 unspecified atom stereocenters. The summed E-state index contributed by atoms with van der Waals surface area (Å²) in [5.74, 6) is 0.824. The van der Waals surface area contributed by atoms with Gasteiger partial charge in [0.05, 0.1) is 28.8 Å². The third-order valence-corrected chi connectivity index (χ3v) is 2.99. The molecule has 0 saturated carbocycles. The molecular weight excluding hydrogens is 198 g/mol. The lowest BCUT2D eigenvalue weighted by Crippen LogP contribution is -1.84. The van der Waals surface area contributed by atoms with Gasteiger partial charge in [0.2, 0.25) is 0 Å². The predicted molar refractivity (Wildman–Crippen MR) is 54.8 cm³/mol. The highest BCUT2D eigenvalue weighted by atomic mass is 32.1. The van der Waals surface area contributed by atoms with Gasteiger partial charge in [-0.15, -0.1) is 11.3 Å². The SMILES string of the molecule is COc1ccc(C#N)c2c(O)csc12. The highest BCUT2D eigenvalue weighted by molar-refractivity contribution is 7.18. The van der Waals surface area contributed by atoms with Crippen molar-refractivity contribution < 1.29 is 9.84 Å². The van der Waals surface area contributed by atoms with E-state index in [9.17, 15) is 5.11 Å². The van der Waals surface area contributed by atoms with Crippen LogP contribution >= 0.6 is 11.3 Å². The van der Waals surface area contributed by atoms with Crippen molar-refractivity contribution in [1.82, 2.24) is 0 Å². The number of hydrogen-bond acceptors (Lipinski definition) is 4. The van der Waals surface area contributed by atoms with Gasteiger partial charge in [0, 0.05) is 5.38 Å². The lowest BCUT2D eigenvalue weighted by Gasteiger charge is -2.01. The molecule has 2 aromatic rings. The van der Waals surface area contributed by atoms with Gasteiger partial charge in [-0.25, -0.2) is 0 Å². The van der Waals surface area contributed by atoms with Gasteiger partial charge in [-0.05, 0) is 12.1 Å². The highest BCUT2D eigenvalue weighted by Gasteiger charge is 2.11. The van der Waals surface area contributed by atoms with Crippen LogP contribution in [0.1, 0.15) is 5.56 Å². The van der Waals surface area contributed by atoms with Gasteiger partial charge in [-0.1, -0.05) is 0 Å². The average Bonchev–Trinajstić information content (AvgIpc) is 2.60. The molecule has 0 aliphatic rings. The van der Waals surface area contributed by atoms with Crippen molar-refractivity contribution in [2.75, 3.05) is 7.11 Å². The third-order valence-electron chi connectivity index (χ3n) is 2.01. The van der Waals surface area contributed by atoms with Gasteiger partial charge in [0.1, 0.15) is 11.5 Å². The molecule has 2 rings (SSSR count). The molecule has 1 N–H and O–H groups in total. The van der Waals surface area contributed by atoms with E-state index in [1.807, 2.05) is 6.07 Å². The highest BCUT2D eigenvalue weighted by Crippen LogP contribution is 2.39. The number of ether oxygens (including phenoxy) is 1. The van der Waals surface area contributed by atoms with Gasteiger partial charge in [0.15, 0.2) is 0 Å². The fourth-order valence-electron chi connectivity index (χ4n) is 1.36. The first-order chi connectivity index (χ1) is 6.77. The molecule has 0 atom stereocenters. The maximum atomic E-state index is 9.55. The standard InChI is InChI=1S/C10H7NO2S/c1-13-8-3-2-6(4-11)9-7(12)5-14-10(8)9/h2-3,5,12H,1H3. The van der Waals surface area contributed by atoms with Gasteiger partial charge >= 0.3 is 0 Å². The van der Waals surface area contributed by atoms with E-state index in [4.69, 9.17) is 10.00 Å². The Bertz CT molecular complexity index is 525. The maximum Gasteiger partial charge on any atom is 0.136 e. The van der Waals surface area contributed by atoms with E-state index in [0.717, 1.165) is 4.70 Å². The molecule has 0 saturated heterocycles. The van der Waals surface area contributed by atoms with Crippen LogP contribution in [0.3, 0.4) is 0 Å². The Balaban J connectivity index is 2.89. The summed E-state index contributed by atoms with van der Waals surface area (Å²) in [5, 5.41) is 20.6. The van der Waals surface area contributed by atoms with Crippen LogP contribution in [0.2, 0.25) is 0 Å². The number of methoxy groups -OCH3 is 1. The van der Waals surface area contributed by atoms with Crippen molar-refractivity contribution in [3.63, 3.8) is 0 Å². The summed E-state index contributed by atoms with van der Waals surface area (Å²) in [5.41, 5.74) is 0.472. The van der Waals surface area contributed by atoms with Crippen molar-refractivity contribution in [3.8, 4) is 17.6 Å². The van der Waals surface area contributed by atoms with Crippen LogP contribution < -0.4 is 4.74 Å². The Morgan fingerprint density at radius 2 is 2.29 bits per heavy atom. The zero-order chi connectivity index (χ0) is 10.1. The summed E-state index contributed by atoms with van der Waals surface area (Å²) in [6.45, 7) is 0. The van der Waals surface area contributed by atoms with Gasteiger partial charge < -0.3 is 9.84 Å². The zero-order valence-corrected chi connectivity index (χ0v) is 8.26. The van der Waals surface area contributed by atoms with Crippen LogP contribution in [0.15, 0.2) is 17.5 Å². The Hall–Kier alpha value is -1.73. The summed E-state index contributed by atoms with van der Waals surface area (Å²) in [4.78, 5) is 0. The molecule has 0 radical (unpaired) electrons. The molecule has 0 aliphatic carbocycles. The fraction of sp³-hybridized carbons (Fsp3) is 0.100. The average molecular weight is 205 g/mol. The molecule has 1 aromatic heterocycles. The minimum atomic E-state index is 0.139. The number of fused-ring (bicyclic) bond motifs is 1. The van der Waals surface area contributed by atoms with Crippen LogP contribution in [0.4, 0.5) is 0 Å². The minimum Gasteiger partial charge on any atom is -0.506 e. The molecule has 0 aliphatic heterocycles. The van der Waals surface area contributed by atoms with Crippen LogP contribution in [0.5, 0.6) is 11.5 Å². The van der Waals surface area contributed by atoms with Gasteiger partial charge in [-0.2, -0.15) is 5.26 Å². The quantitative estimate of drug-likeness (QED) is 0.778. The van der Waals surface area contributed by atoms with Crippen LogP contribution in [-0.4, -0.2) is 12.2 Å². The second-order valence-electron chi connectivity index (χ2n) is 2.75. The van der Waals surface area contributed by atoms with Crippen LogP contribution in [0, 0.1) is 11.3 Å². The molecular formula is C10H7NO2S. The van der Waals surface area contributed by atoms with Crippen LogP contribution in [0.25, 0.3) is 10.1 Å². The van der Waals surface area contributed by atoms with E-state index < -0.39 is 0 Å². The molecule has 0 amide bonds. The second-order valence-corrected chi connectivity index (χ2v) is 3.63. The zero-order valence-electron chi connectivity index (χ0n) is 7.44. The molecule has 0 bridgehead atoms. The van der Waals surface area contributed by atoms with Crippen LogP contribution in [-0.2, 0) is 0 Å². The first-order valence-electron chi connectivity index (χ1n) is 3.95. The number of nitrogens with zero attached hydrogens (tertiary/aromatic N) is 1. The number of rotatable bonds is 1. The lowest BCUT2D eigenvalue weighted by molar-refractivity contribution is 0.420. The number of thiophene rings is 1. The van der Waals surface area contributed by atoms with E-state index in [0.29, 0.717) is 16.7 Å². The monoisotopic (exact) mass is 205 g/mol. The Morgan fingerprint density at radius 1 is 1.50 bits per heavy atom. The van der Waals surface area contributed by atoms with Crippen molar-refractivity contribution >= 4 is 21.4 Å². The first kappa shape index (κ1) is 8.85. The van der Waals surface area contributed by atoms with E-state index in [-0.39, 0.29) is 5.75 Å². The summed E-state index contributed by atoms with van der Waals surface area (Å²) < 4.78 is 5.94. The Labute approximate surface area is 84.8 Å². The summed E-state index contributed by atoms with van der Waals surface area (Å²) in [6.07, 6.45) is 0. The number of benzene rings is 1. The van der Waals surface area contributed by atoms with Crippen molar-refractivity contribution in [3.05, 3.63) is 23.1 Å². The molecule has 0 fully saturated rings. The normalized spacial score (nSPS) is 10.0. The summed E-state index contributed by atoms with van der Waals surface area (Å²) in [7, 11) is 1.57. The van der Waals surface area contributed by atoms with Gasteiger partial charge in [0.25, 0.3) is 0 Å². The van der Waals surface area contributed by atoms with E-state index in [2.05, 4.69) is 0 Å². The minimum absolute atomic E-state index is 0.139. The van der Waals surface area contributed by atoms with E-state index in [1.165, 1.54) is 11.3 Å². The first-order valence-corrected chi connectivity index (χ1v) is 4.83. The largest absolute Gasteiger partial charge is 0.506 e. The number of aromatic hydroxyl groups is 1. The van der Waals surface area contributed by atoms with E-state index in [1.54, 1.807) is 24.6 Å². The van der Waals surface area contributed by atoms with E-state index >= 15 is 0 Å². The smallest absolute Gasteiger partial charge is 0.136 e. The second kappa shape index (κ2) is 3.20. The summed E-state index contributed by atoms with van der Waals surface area (Å²) >= 11 is 1.37. The molecule has 1 heterocycles. The molecule has 3 nitrogen and oxygen atoms in total. The molecule has 1 aromatic carbocycles. The van der Waals surface area contributed by atoms with Crippen molar-refractivity contribution in [2.24, 2.45) is 0 Å². The molecule has 14 heavy (non-hydrogen) atoms. The number of hydrogen-bond donors (Lipinski definition) is 1. The summed E-state index contributed by atoms with van der Waals surface area (Å²) in [6, 6.07) is 5.42. The van der Waals surface area contributed by atoms with Crippen molar-refractivity contribution in [2.45, 2.75) is 0 Å². The maximum absolute atomic E-state index is 9.55. The Morgan fingerprint density at radius 3 is 2.93 bits per heavy atom. The topological polar surface area (TPSA) is 53.2 Å². The fourth-order valence-corrected chi connectivity index (χ4v) is 2.31. The molecule has 70 valence electrons. The molecule has 0 spiro atoms. The van der Waals surface area contributed by atoms with Crippen molar-refractivity contribution in [1.29, 1.82) is 5.26 Å².